The summed E-state index contributed by atoms with van der Waals surface area (Å²) in [6.07, 6.45) is 1.80. The molecular formula is C12H10ClN3O2. The van der Waals surface area contributed by atoms with E-state index in [1.165, 1.54) is 0 Å². The number of H-pyrrole nitrogens is 1. The average molecular weight is 264 g/mol. The van der Waals surface area contributed by atoms with Crippen LogP contribution in [0.5, 0.6) is 5.75 Å². The van der Waals surface area contributed by atoms with Gasteiger partial charge in [0.25, 0.3) is 0 Å². The first-order valence-electron chi connectivity index (χ1n) is 5.27. The summed E-state index contributed by atoms with van der Waals surface area (Å²) < 4.78 is 10.2. The molecule has 0 saturated heterocycles. The Kier molecular flexibility index (Phi) is 2.41. The summed E-state index contributed by atoms with van der Waals surface area (Å²) in [5.41, 5.74) is 7.81. The highest BCUT2D eigenvalue weighted by atomic mass is 35.5. The van der Waals surface area contributed by atoms with Crippen LogP contribution in [-0.4, -0.2) is 17.3 Å². The fourth-order valence-corrected chi connectivity index (χ4v) is 2.23. The summed E-state index contributed by atoms with van der Waals surface area (Å²) in [6, 6.07) is 5.24. The van der Waals surface area contributed by atoms with E-state index in [4.69, 9.17) is 26.6 Å². The number of fused-ring (bicyclic) bond motifs is 1. The number of anilines is 1. The fraction of sp³-hybridized carbons (Fsp3) is 0.0833. The average Bonchev–Trinajstić information content (AvgIpc) is 2.96. The lowest BCUT2D eigenvalue weighted by molar-refractivity contribution is 0.419. The Labute approximate surface area is 107 Å². The lowest BCUT2D eigenvalue weighted by atomic mass is 10.1. The Morgan fingerprint density at radius 1 is 1.44 bits per heavy atom. The molecule has 0 aliphatic rings. The molecule has 0 aliphatic heterocycles. The van der Waals surface area contributed by atoms with Crippen molar-refractivity contribution in [2.45, 2.75) is 0 Å². The zero-order valence-electron chi connectivity index (χ0n) is 9.53. The van der Waals surface area contributed by atoms with Gasteiger partial charge in [0, 0.05) is 23.2 Å². The second kappa shape index (κ2) is 3.96. The Balaban J connectivity index is 2.31. The molecule has 0 saturated carbocycles. The van der Waals surface area contributed by atoms with Crippen LogP contribution in [0.1, 0.15) is 0 Å². The minimum Gasteiger partial charge on any atom is -0.495 e. The molecule has 0 unspecified atom stereocenters. The van der Waals surface area contributed by atoms with E-state index in [1.807, 2.05) is 6.07 Å². The minimum absolute atomic E-state index is 0.262. The number of aromatic amines is 1. The molecule has 0 atom stereocenters. The van der Waals surface area contributed by atoms with Crippen molar-refractivity contribution in [2.24, 2.45) is 0 Å². The van der Waals surface area contributed by atoms with E-state index in [-0.39, 0.29) is 5.88 Å². The smallest absolute Gasteiger partial charge is 0.222 e. The van der Waals surface area contributed by atoms with Crippen LogP contribution < -0.4 is 10.5 Å². The number of hydrogen-bond acceptors (Lipinski definition) is 4. The van der Waals surface area contributed by atoms with Crippen LogP contribution in [0.2, 0.25) is 5.02 Å². The molecule has 92 valence electrons. The number of ether oxygens (including phenoxy) is 1. The molecular weight excluding hydrogens is 254 g/mol. The van der Waals surface area contributed by atoms with Gasteiger partial charge in [0.2, 0.25) is 5.88 Å². The first-order chi connectivity index (χ1) is 8.70. The van der Waals surface area contributed by atoms with Crippen LogP contribution in [0.15, 0.2) is 28.9 Å². The molecule has 2 aromatic heterocycles. The second-order valence-corrected chi connectivity index (χ2v) is 4.22. The van der Waals surface area contributed by atoms with Crippen LogP contribution >= 0.6 is 11.6 Å². The lowest BCUT2D eigenvalue weighted by Crippen LogP contribution is -1.84. The number of methoxy groups -OCH3 is 1. The Hall–Kier alpha value is -2.14. The van der Waals surface area contributed by atoms with Gasteiger partial charge < -0.3 is 20.0 Å². The molecule has 6 heteroatoms. The summed E-state index contributed by atoms with van der Waals surface area (Å²) in [7, 11) is 1.61. The van der Waals surface area contributed by atoms with E-state index in [0.717, 1.165) is 22.2 Å². The van der Waals surface area contributed by atoms with Gasteiger partial charge in [0.05, 0.1) is 17.6 Å². The van der Waals surface area contributed by atoms with Crippen LogP contribution in [0, 0.1) is 0 Å². The third-order valence-electron chi connectivity index (χ3n) is 2.77. The molecule has 3 aromatic rings. The Morgan fingerprint density at radius 3 is 2.94 bits per heavy atom. The number of nitrogens with two attached hydrogens (primary N) is 1. The molecule has 0 radical (unpaired) electrons. The van der Waals surface area contributed by atoms with E-state index >= 15 is 0 Å². The van der Waals surface area contributed by atoms with Crippen molar-refractivity contribution in [1.29, 1.82) is 0 Å². The van der Waals surface area contributed by atoms with E-state index in [2.05, 4.69) is 10.1 Å². The van der Waals surface area contributed by atoms with Crippen molar-refractivity contribution in [3.63, 3.8) is 0 Å². The molecule has 3 rings (SSSR count). The number of nitrogens with zero attached hydrogens (tertiary/aromatic N) is 1. The zero-order valence-corrected chi connectivity index (χ0v) is 10.3. The molecule has 5 nitrogen and oxygen atoms in total. The van der Waals surface area contributed by atoms with E-state index in [1.54, 1.807) is 25.4 Å². The van der Waals surface area contributed by atoms with Crippen molar-refractivity contribution in [3.05, 3.63) is 29.4 Å². The number of nitrogen functional groups attached to an aromatic ring is 1. The maximum atomic E-state index is 6.22. The van der Waals surface area contributed by atoms with Gasteiger partial charge in [-0.15, -0.1) is 0 Å². The quantitative estimate of drug-likeness (QED) is 0.745. The van der Waals surface area contributed by atoms with Gasteiger partial charge in [0.1, 0.15) is 11.4 Å². The third kappa shape index (κ3) is 1.52. The molecule has 0 spiro atoms. The maximum Gasteiger partial charge on any atom is 0.222 e. The number of halogens is 1. The molecule has 2 heterocycles. The van der Waals surface area contributed by atoms with Crippen molar-refractivity contribution >= 4 is 28.4 Å². The maximum absolute atomic E-state index is 6.22. The van der Waals surface area contributed by atoms with Crippen LogP contribution in [0.25, 0.3) is 22.2 Å². The summed E-state index contributed by atoms with van der Waals surface area (Å²) >= 11 is 6.22. The molecule has 1 aromatic carbocycles. The van der Waals surface area contributed by atoms with Gasteiger partial charge in [-0.1, -0.05) is 16.8 Å². The van der Waals surface area contributed by atoms with Gasteiger partial charge in [-0.2, -0.15) is 0 Å². The standard InChI is InChI=1S/C12H10ClN3O2/c1-17-9-3-2-7(13)11-6(5-15-12(9)11)8-4-10(14)18-16-8/h2-5,15H,14H2,1H3. The van der Waals surface area contributed by atoms with Gasteiger partial charge in [-0.05, 0) is 12.1 Å². The van der Waals surface area contributed by atoms with E-state index < -0.39 is 0 Å². The number of nitrogens with one attached hydrogen (secondary N) is 1. The van der Waals surface area contributed by atoms with E-state index in [0.29, 0.717) is 10.7 Å². The summed E-state index contributed by atoms with van der Waals surface area (Å²) in [5, 5.41) is 5.34. The van der Waals surface area contributed by atoms with Crippen molar-refractivity contribution < 1.29 is 9.26 Å². The predicted molar refractivity (Wildman–Crippen MR) is 69.8 cm³/mol. The fourth-order valence-electron chi connectivity index (χ4n) is 1.97. The molecule has 18 heavy (non-hydrogen) atoms. The largest absolute Gasteiger partial charge is 0.495 e. The summed E-state index contributed by atoms with van der Waals surface area (Å²) in [4.78, 5) is 3.12. The normalized spacial score (nSPS) is 11.0. The zero-order chi connectivity index (χ0) is 12.7. The second-order valence-electron chi connectivity index (χ2n) is 3.82. The lowest BCUT2D eigenvalue weighted by Gasteiger charge is -2.03. The first kappa shape index (κ1) is 11.0. The number of aromatic nitrogens is 2. The topological polar surface area (TPSA) is 77.1 Å². The molecule has 0 bridgehead atoms. The highest BCUT2D eigenvalue weighted by Gasteiger charge is 2.15. The van der Waals surface area contributed by atoms with Crippen molar-refractivity contribution in [2.75, 3.05) is 12.8 Å². The summed E-state index contributed by atoms with van der Waals surface area (Å²) in [5.74, 6) is 0.982. The van der Waals surface area contributed by atoms with E-state index in [9.17, 15) is 0 Å². The van der Waals surface area contributed by atoms with Crippen LogP contribution in [-0.2, 0) is 0 Å². The molecule has 0 aliphatic carbocycles. The molecule has 3 N–H and O–H groups in total. The van der Waals surface area contributed by atoms with Crippen LogP contribution in [0.3, 0.4) is 0 Å². The first-order valence-corrected chi connectivity index (χ1v) is 5.64. The summed E-state index contributed by atoms with van der Waals surface area (Å²) in [6.45, 7) is 0. The number of benzene rings is 1. The molecule has 0 fully saturated rings. The highest BCUT2D eigenvalue weighted by molar-refractivity contribution is 6.36. The van der Waals surface area contributed by atoms with Gasteiger partial charge >= 0.3 is 0 Å². The number of rotatable bonds is 2. The van der Waals surface area contributed by atoms with Crippen molar-refractivity contribution in [3.8, 4) is 17.0 Å². The molecule has 0 amide bonds. The Bertz CT molecular complexity index is 717. The Morgan fingerprint density at radius 2 is 2.28 bits per heavy atom. The van der Waals surface area contributed by atoms with Gasteiger partial charge in [-0.3, -0.25) is 0 Å². The monoisotopic (exact) mass is 263 g/mol. The SMILES string of the molecule is COc1ccc(Cl)c2c(-c3cc(N)on3)c[nH]c12. The number of hydrogen-bond donors (Lipinski definition) is 2. The van der Waals surface area contributed by atoms with Gasteiger partial charge in [-0.25, -0.2) is 0 Å². The minimum atomic E-state index is 0.262. The van der Waals surface area contributed by atoms with Gasteiger partial charge in [0.15, 0.2) is 0 Å². The highest BCUT2D eigenvalue weighted by Crippen LogP contribution is 2.37. The van der Waals surface area contributed by atoms with Crippen molar-refractivity contribution in [1.82, 2.24) is 10.1 Å². The predicted octanol–water partition coefficient (Wildman–Crippen LogP) is 3.07. The van der Waals surface area contributed by atoms with Crippen LogP contribution in [0.4, 0.5) is 5.88 Å². The third-order valence-corrected chi connectivity index (χ3v) is 3.09.